The van der Waals surface area contributed by atoms with Crippen molar-refractivity contribution in [2.45, 2.75) is 19.9 Å². The first-order chi connectivity index (χ1) is 17.4. The second-order valence-corrected chi connectivity index (χ2v) is 9.56. The van der Waals surface area contributed by atoms with Crippen molar-refractivity contribution in [3.63, 3.8) is 0 Å². The Balaban J connectivity index is 1.64. The number of hydrogen-bond donors (Lipinski definition) is 1. The van der Waals surface area contributed by atoms with E-state index in [1.807, 2.05) is 43.3 Å². The molecule has 2 amide bonds. The highest BCUT2D eigenvalue weighted by Crippen LogP contribution is 2.39. The van der Waals surface area contributed by atoms with Crippen LogP contribution in [0.25, 0.3) is 0 Å². The quantitative estimate of drug-likeness (QED) is 0.438. The van der Waals surface area contributed by atoms with Crippen LogP contribution in [0.5, 0.6) is 5.75 Å². The Kier molecular flexibility index (Phi) is 7.90. The standard InChI is InChI=1S/C27H30N4O4S/c1-5-35-27(33)31-15-14-22-23(17-31)36-26(28-16-18-6-10-20(11-7-18)30(2)3)24(22)25(32)29-19-8-12-21(34-4)13-9-19/h6-13,16H,5,14-15,17H2,1-4H3,(H,29,32). The van der Waals surface area contributed by atoms with Crippen LogP contribution in [0.1, 0.15) is 33.3 Å². The summed E-state index contributed by atoms with van der Waals surface area (Å²) >= 11 is 1.44. The summed E-state index contributed by atoms with van der Waals surface area (Å²) in [5, 5.41) is 3.60. The van der Waals surface area contributed by atoms with Crippen LogP contribution in [0.3, 0.4) is 0 Å². The molecule has 0 bridgehead atoms. The molecule has 0 fully saturated rings. The molecule has 4 rings (SSSR count). The number of carbonyl (C=O) groups excluding carboxylic acids is 2. The van der Waals surface area contributed by atoms with E-state index in [1.165, 1.54) is 11.3 Å². The summed E-state index contributed by atoms with van der Waals surface area (Å²) in [5.41, 5.74) is 4.18. The van der Waals surface area contributed by atoms with Crippen LogP contribution < -0.4 is 15.0 Å². The van der Waals surface area contributed by atoms with Crippen molar-refractivity contribution in [1.29, 1.82) is 0 Å². The fourth-order valence-electron chi connectivity index (χ4n) is 3.94. The van der Waals surface area contributed by atoms with E-state index in [-0.39, 0.29) is 12.0 Å². The maximum absolute atomic E-state index is 13.5. The van der Waals surface area contributed by atoms with E-state index in [4.69, 9.17) is 14.5 Å². The monoisotopic (exact) mass is 506 g/mol. The predicted octanol–water partition coefficient (Wildman–Crippen LogP) is 5.34. The fraction of sp³-hybridized carbons (Fsp3) is 0.296. The molecule has 0 saturated heterocycles. The van der Waals surface area contributed by atoms with Gasteiger partial charge in [-0.05, 0) is 60.9 Å². The summed E-state index contributed by atoms with van der Waals surface area (Å²) in [4.78, 5) is 35.1. The second kappa shape index (κ2) is 11.3. The van der Waals surface area contributed by atoms with E-state index in [1.54, 1.807) is 49.4 Å². The third kappa shape index (κ3) is 5.68. The van der Waals surface area contributed by atoms with Crippen molar-refractivity contribution in [3.8, 4) is 5.75 Å². The summed E-state index contributed by atoms with van der Waals surface area (Å²) in [6.07, 6.45) is 1.99. The number of nitrogens with zero attached hydrogens (tertiary/aromatic N) is 3. The van der Waals surface area contributed by atoms with Gasteiger partial charge in [-0.25, -0.2) is 9.79 Å². The van der Waals surface area contributed by atoms with Gasteiger partial charge in [0.05, 0.1) is 25.8 Å². The summed E-state index contributed by atoms with van der Waals surface area (Å²) < 4.78 is 10.4. The van der Waals surface area contributed by atoms with Gasteiger partial charge in [0.15, 0.2) is 0 Å². The molecular formula is C27H30N4O4S. The Hall–Kier alpha value is -3.85. The highest BCUT2D eigenvalue weighted by atomic mass is 32.1. The van der Waals surface area contributed by atoms with E-state index in [2.05, 4.69) is 5.32 Å². The Labute approximate surface area is 215 Å². The number of rotatable bonds is 7. The van der Waals surface area contributed by atoms with Gasteiger partial charge in [0.2, 0.25) is 0 Å². The molecule has 9 heteroatoms. The summed E-state index contributed by atoms with van der Waals surface area (Å²) in [6, 6.07) is 15.2. The highest BCUT2D eigenvalue weighted by Gasteiger charge is 2.30. The van der Waals surface area contributed by atoms with Gasteiger partial charge in [0.1, 0.15) is 10.8 Å². The molecule has 1 N–H and O–H groups in total. The number of ether oxygens (including phenoxy) is 2. The molecule has 0 radical (unpaired) electrons. The minimum Gasteiger partial charge on any atom is -0.497 e. The highest BCUT2D eigenvalue weighted by molar-refractivity contribution is 7.16. The van der Waals surface area contributed by atoms with Crippen molar-refractivity contribution in [3.05, 3.63) is 70.1 Å². The molecule has 36 heavy (non-hydrogen) atoms. The first-order valence-corrected chi connectivity index (χ1v) is 12.5. The molecule has 0 atom stereocenters. The minimum atomic E-state index is -0.341. The number of fused-ring (bicyclic) bond motifs is 1. The van der Waals surface area contributed by atoms with E-state index < -0.39 is 0 Å². The maximum atomic E-state index is 13.5. The van der Waals surface area contributed by atoms with Crippen LogP contribution in [0, 0.1) is 0 Å². The first kappa shape index (κ1) is 25.2. The molecule has 2 aromatic carbocycles. The number of aliphatic imine (C=N–C) groups is 1. The molecule has 188 valence electrons. The van der Waals surface area contributed by atoms with Gasteiger partial charge in [0, 0.05) is 43.1 Å². The minimum absolute atomic E-state index is 0.225. The summed E-state index contributed by atoms with van der Waals surface area (Å²) in [7, 11) is 5.59. The SMILES string of the molecule is CCOC(=O)N1CCc2c(sc(N=Cc3ccc(N(C)C)cc3)c2C(=O)Nc2ccc(OC)cc2)C1. The number of hydrogen-bond acceptors (Lipinski definition) is 7. The number of benzene rings is 2. The average molecular weight is 507 g/mol. The molecule has 0 saturated carbocycles. The van der Waals surface area contributed by atoms with Crippen LogP contribution in [0.2, 0.25) is 0 Å². The Morgan fingerprint density at radius 3 is 2.50 bits per heavy atom. The van der Waals surface area contributed by atoms with Crippen LogP contribution >= 0.6 is 11.3 Å². The second-order valence-electron chi connectivity index (χ2n) is 8.48. The normalized spacial score (nSPS) is 12.8. The van der Waals surface area contributed by atoms with Crippen molar-refractivity contribution in [2.75, 3.05) is 44.6 Å². The lowest BCUT2D eigenvalue weighted by Gasteiger charge is -2.26. The molecular weight excluding hydrogens is 476 g/mol. The Bertz CT molecular complexity index is 1250. The zero-order valence-corrected chi connectivity index (χ0v) is 21.7. The van der Waals surface area contributed by atoms with Crippen molar-refractivity contribution in [2.24, 2.45) is 4.99 Å². The topological polar surface area (TPSA) is 83.5 Å². The van der Waals surface area contributed by atoms with Crippen molar-refractivity contribution in [1.82, 2.24) is 4.90 Å². The average Bonchev–Trinajstić information content (AvgIpc) is 3.26. The molecule has 0 aliphatic carbocycles. The fourth-order valence-corrected chi connectivity index (χ4v) is 5.15. The van der Waals surface area contributed by atoms with Gasteiger partial charge < -0.3 is 24.6 Å². The number of anilines is 2. The van der Waals surface area contributed by atoms with Gasteiger partial charge >= 0.3 is 6.09 Å². The van der Waals surface area contributed by atoms with Gasteiger partial charge in [-0.1, -0.05) is 12.1 Å². The number of methoxy groups -OCH3 is 1. The van der Waals surface area contributed by atoms with Crippen LogP contribution in [0.4, 0.5) is 21.2 Å². The van der Waals surface area contributed by atoms with E-state index in [0.717, 1.165) is 21.7 Å². The van der Waals surface area contributed by atoms with Crippen LogP contribution in [-0.2, 0) is 17.7 Å². The third-order valence-electron chi connectivity index (χ3n) is 5.88. The van der Waals surface area contributed by atoms with Gasteiger partial charge in [-0.3, -0.25) is 4.79 Å². The Morgan fingerprint density at radius 2 is 1.86 bits per heavy atom. The van der Waals surface area contributed by atoms with Gasteiger partial charge in [-0.2, -0.15) is 0 Å². The maximum Gasteiger partial charge on any atom is 0.410 e. The third-order valence-corrected chi connectivity index (χ3v) is 7.00. The van der Waals surface area contributed by atoms with Crippen LogP contribution in [0.15, 0.2) is 53.5 Å². The lowest BCUT2D eigenvalue weighted by atomic mass is 10.0. The van der Waals surface area contributed by atoms with Crippen molar-refractivity contribution >= 4 is 45.9 Å². The molecule has 2 heterocycles. The lowest BCUT2D eigenvalue weighted by molar-refractivity contribution is 0.102. The largest absolute Gasteiger partial charge is 0.497 e. The van der Waals surface area contributed by atoms with Crippen LogP contribution in [-0.4, -0.2) is 57.5 Å². The first-order valence-electron chi connectivity index (χ1n) is 11.7. The summed E-state index contributed by atoms with van der Waals surface area (Å²) in [6.45, 7) is 3.00. The molecule has 1 aliphatic rings. The van der Waals surface area contributed by atoms with Gasteiger partial charge in [0.25, 0.3) is 5.91 Å². The lowest BCUT2D eigenvalue weighted by Crippen LogP contribution is -2.36. The molecule has 3 aromatic rings. The molecule has 1 aliphatic heterocycles. The molecule has 8 nitrogen and oxygen atoms in total. The van der Waals surface area contributed by atoms with E-state index in [9.17, 15) is 9.59 Å². The number of nitrogens with one attached hydrogen (secondary N) is 1. The number of carbonyl (C=O) groups is 2. The zero-order chi connectivity index (χ0) is 25.7. The summed E-state index contributed by atoms with van der Waals surface area (Å²) in [5.74, 6) is 0.489. The predicted molar refractivity (Wildman–Crippen MR) is 144 cm³/mol. The number of amides is 2. The van der Waals surface area contributed by atoms with E-state index in [0.29, 0.717) is 48.1 Å². The number of thiophene rings is 1. The molecule has 1 aromatic heterocycles. The Morgan fingerprint density at radius 1 is 1.14 bits per heavy atom. The van der Waals surface area contributed by atoms with Crippen molar-refractivity contribution < 1.29 is 19.1 Å². The van der Waals surface area contributed by atoms with Gasteiger partial charge in [-0.15, -0.1) is 11.3 Å². The smallest absolute Gasteiger partial charge is 0.410 e. The zero-order valence-electron chi connectivity index (χ0n) is 20.9. The molecule has 0 unspecified atom stereocenters. The van der Waals surface area contributed by atoms with E-state index >= 15 is 0 Å². The molecule has 0 spiro atoms.